The number of anilines is 1. The van der Waals surface area contributed by atoms with Gasteiger partial charge in [0.1, 0.15) is 0 Å². The van der Waals surface area contributed by atoms with E-state index >= 15 is 0 Å². The fourth-order valence-corrected chi connectivity index (χ4v) is 3.69. The van der Waals surface area contributed by atoms with Gasteiger partial charge in [0.2, 0.25) is 0 Å². The van der Waals surface area contributed by atoms with E-state index in [1.807, 2.05) is 18.2 Å². The molecule has 0 saturated heterocycles. The van der Waals surface area contributed by atoms with Crippen molar-refractivity contribution in [2.75, 3.05) is 11.4 Å². The van der Waals surface area contributed by atoms with Gasteiger partial charge in [-0.2, -0.15) is 0 Å². The quantitative estimate of drug-likeness (QED) is 0.918. The fraction of sp³-hybridized carbons (Fsp3) is 0.278. The van der Waals surface area contributed by atoms with Gasteiger partial charge in [-0.15, -0.1) is 0 Å². The Morgan fingerprint density at radius 1 is 1.10 bits per heavy atom. The summed E-state index contributed by atoms with van der Waals surface area (Å²) in [6, 6.07) is 16.2. The first kappa shape index (κ1) is 12.6. The largest absolute Gasteiger partial charge is 0.366 e. The summed E-state index contributed by atoms with van der Waals surface area (Å²) in [6.07, 6.45) is 0.772. The summed E-state index contributed by atoms with van der Waals surface area (Å²) in [6.45, 7) is 1.85. The van der Waals surface area contributed by atoms with Gasteiger partial charge < -0.3 is 10.6 Å². The zero-order valence-corrected chi connectivity index (χ0v) is 11.8. The standard InChI is InChI=1S/C18H18N2O/c19-15-9-13-11-20(10-12-5-2-1-3-6-12)16-8-4-7-14(17(13)16)18(15)21/h1-8,13,15H,9-11,19H2. The Labute approximate surface area is 124 Å². The van der Waals surface area contributed by atoms with Crippen LogP contribution in [-0.2, 0) is 6.54 Å². The second kappa shape index (κ2) is 4.71. The van der Waals surface area contributed by atoms with Crippen molar-refractivity contribution < 1.29 is 4.79 Å². The molecular weight excluding hydrogens is 260 g/mol. The minimum atomic E-state index is -0.338. The molecule has 2 atom stereocenters. The van der Waals surface area contributed by atoms with Crippen molar-refractivity contribution in [3.63, 3.8) is 0 Å². The SMILES string of the molecule is NC1CC2CN(Cc3ccccc3)c3cccc(c32)C1=O. The summed E-state index contributed by atoms with van der Waals surface area (Å²) in [5, 5.41) is 0. The van der Waals surface area contributed by atoms with Gasteiger partial charge in [-0.3, -0.25) is 4.79 Å². The molecule has 4 rings (SSSR count). The molecule has 2 aromatic carbocycles. The van der Waals surface area contributed by atoms with Gasteiger partial charge in [-0.05, 0) is 23.6 Å². The van der Waals surface area contributed by atoms with E-state index in [0.29, 0.717) is 5.92 Å². The molecule has 0 spiro atoms. The second-order valence-electron chi connectivity index (χ2n) is 6.01. The highest BCUT2D eigenvalue weighted by Gasteiger charge is 2.39. The summed E-state index contributed by atoms with van der Waals surface area (Å²) in [7, 11) is 0. The Bertz CT molecular complexity index is 696. The van der Waals surface area contributed by atoms with Crippen molar-refractivity contribution in [1.82, 2.24) is 0 Å². The number of nitrogens with two attached hydrogens (primary N) is 1. The molecule has 3 nitrogen and oxygen atoms in total. The van der Waals surface area contributed by atoms with Crippen LogP contribution in [0.25, 0.3) is 0 Å². The average Bonchev–Trinajstić information content (AvgIpc) is 2.85. The third kappa shape index (κ3) is 1.96. The topological polar surface area (TPSA) is 46.3 Å². The van der Waals surface area contributed by atoms with E-state index in [-0.39, 0.29) is 11.8 Å². The lowest BCUT2D eigenvalue weighted by molar-refractivity contribution is 0.0943. The molecule has 3 heteroatoms. The van der Waals surface area contributed by atoms with Crippen LogP contribution in [0.2, 0.25) is 0 Å². The Morgan fingerprint density at radius 2 is 1.90 bits per heavy atom. The molecule has 0 aromatic heterocycles. The Hall–Kier alpha value is -2.13. The monoisotopic (exact) mass is 278 g/mol. The van der Waals surface area contributed by atoms with Crippen LogP contribution in [0.15, 0.2) is 48.5 Å². The predicted octanol–water partition coefficient (Wildman–Crippen LogP) is 2.70. The maximum absolute atomic E-state index is 12.3. The Balaban J connectivity index is 1.73. The van der Waals surface area contributed by atoms with Gasteiger partial charge in [-0.25, -0.2) is 0 Å². The average molecular weight is 278 g/mol. The normalized spacial score (nSPS) is 23.3. The van der Waals surface area contributed by atoms with Crippen LogP contribution in [-0.4, -0.2) is 18.4 Å². The van der Waals surface area contributed by atoms with Crippen molar-refractivity contribution in [2.24, 2.45) is 5.73 Å². The number of nitrogens with zero attached hydrogens (tertiary/aromatic N) is 1. The minimum absolute atomic E-state index is 0.102. The van der Waals surface area contributed by atoms with E-state index in [1.54, 1.807) is 0 Å². The van der Waals surface area contributed by atoms with Gasteiger partial charge in [0, 0.05) is 30.3 Å². The van der Waals surface area contributed by atoms with Crippen LogP contribution in [0.4, 0.5) is 5.69 Å². The molecule has 2 unspecified atom stereocenters. The van der Waals surface area contributed by atoms with E-state index < -0.39 is 0 Å². The minimum Gasteiger partial charge on any atom is -0.366 e. The van der Waals surface area contributed by atoms with E-state index in [0.717, 1.165) is 25.1 Å². The number of benzene rings is 2. The molecule has 0 radical (unpaired) electrons. The molecule has 21 heavy (non-hydrogen) atoms. The molecule has 0 amide bonds. The smallest absolute Gasteiger partial charge is 0.179 e. The lowest BCUT2D eigenvalue weighted by Gasteiger charge is -2.24. The number of ketones is 1. The summed E-state index contributed by atoms with van der Waals surface area (Å²) in [5.74, 6) is 0.497. The van der Waals surface area contributed by atoms with Crippen molar-refractivity contribution >= 4 is 11.5 Å². The zero-order chi connectivity index (χ0) is 14.4. The van der Waals surface area contributed by atoms with Crippen molar-refractivity contribution in [3.8, 4) is 0 Å². The second-order valence-corrected chi connectivity index (χ2v) is 6.01. The summed E-state index contributed by atoms with van der Waals surface area (Å²) >= 11 is 0. The third-order valence-corrected chi connectivity index (χ3v) is 4.63. The number of carbonyl (C=O) groups is 1. The molecule has 2 aromatic rings. The number of carbonyl (C=O) groups excluding carboxylic acids is 1. The maximum atomic E-state index is 12.3. The van der Waals surface area contributed by atoms with Crippen LogP contribution in [0.5, 0.6) is 0 Å². The molecule has 0 bridgehead atoms. The third-order valence-electron chi connectivity index (χ3n) is 4.63. The Morgan fingerprint density at radius 3 is 2.71 bits per heavy atom. The molecule has 0 fully saturated rings. The van der Waals surface area contributed by atoms with Gasteiger partial charge in [0.15, 0.2) is 5.78 Å². The van der Waals surface area contributed by atoms with Crippen LogP contribution >= 0.6 is 0 Å². The summed E-state index contributed by atoms with van der Waals surface area (Å²) < 4.78 is 0. The van der Waals surface area contributed by atoms with Gasteiger partial charge >= 0.3 is 0 Å². The van der Waals surface area contributed by atoms with E-state index in [1.165, 1.54) is 16.8 Å². The van der Waals surface area contributed by atoms with Crippen LogP contribution in [0.1, 0.15) is 33.8 Å². The molecule has 0 saturated carbocycles. The number of hydrogen-bond acceptors (Lipinski definition) is 3. The van der Waals surface area contributed by atoms with Gasteiger partial charge in [0.05, 0.1) is 6.04 Å². The van der Waals surface area contributed by atoms with E-state index in [4.69, 9.17) is 5.73 Å². The first-order valence-corrected chi connectivity index (χ1v) is 7.45. The first-order chi connectivity index (χ1) is 10.2. The highest BCUT2D eigenvalue weighted by Crippen LogP contribution is 2.44. The lowest BCUT2D eigenvalue weighted by atomic mass is 9.81. The van der Waals surface area contributed by atoms with Crippen LogP contribution < -0.4 is 10.6 Å². The highest BCUT2D eigenvalue weighted by atomic mass is 16.1. The van der Waals surface area contributed by atoms with E-state index in [2.05, 4.69) is 35.2 Å². The molecule has 2 aliphatic rings. The van der Waals surface area contributed by atoms with E-state index in [9.17, 15) is 4.79 Å². The summed E-state index contributed by atoms with van der Waals surface area (Å²) in [4.78, 5) is 14.6. The van der Waals surface area contributed by atoms with Gasteiger partial charge in [-0.1, -0.05) is 42.5 Å². The van der Waals surface area contributed by atoms with Crippen molar-refractivity contribution in [1.29, 1.82) is 0 Å². The van der Waals surface area contributed by atoms with Crippen LogP contribution in [0, 0.1) is 0 Å². The summed E-state index contributed by atoms with van der Waals surface area (Å²) in [5.41, 5.74) is 10.6. The predicted molar refractivity (Wildman–Crippen MR) is 83.6 cm³/mol. The van der Waals surface area contributed by atoms with Crippen molar-refractivity contribution in [3.05, 3.63) is 65.2 Å². The number of Topliss-reactive ketones (excluding diaryl/α,β-unsaturated/α-hetero) is 1. The van der Waals surface area contributed by atoms with Gasteiger partial charge in [0.25, 0.3) is 0 Å². The lowest BCUT2D eigenvalue weighted by Crippen LogP contribution is -2.37. The highest BCUT2D eigenvalue weighted by molar-refractivity contribution is 6.04. The molecular formula is C18H18N2O. The van der Waals surface area contributed by atoms with Crippen LogP contribution in [0.3, 0.4) is 0 Å². The maximum Gasteiger partial charge on any atom is 0.179 e. The fourth-order valence-electron chi connectivity index (χ4n) is 3.69. The molecule has 2 N–H and O–H groups in total. The first-order valence-electron chi connectivity index (χ1n) is 7.45. The zero-order valence-electron chi connectivity index (χ0n) is 11.8. The molecule has 1 aliphatic heterocycles. The van der Waals surface area contributed by atoms with Crippen molar-refractivity contribution in [2.45, 2.75) is 24.9 Å². The molecule has 106 valence electrons. The number of hydrogen-bond donors (Lipinski definition) is 1. The Kier molecular flexibility index (Phi) is 2.82. The molecule has 1 heterocycles. The molecule has 1 aliphatic carbocycles. The number of rotatable bonds is 2.